The van der Waals surface area contributed by atoms with E-state index in [0.717, 1.165) is 43.1 Å². The fourth-order valence-corrected chi connectivity index (χ4v) is 2.94. The predicted molar refractivity (Wildman–Crippen MR) is 123 cm³/mol. The number of halogens is 1. The van der Waals surface area contributed by atoms with Crippen molar-refractivity contribution in [3.63, 3.8) is 0 Å². The molecule has 0 spiro atoms. The maximum Gasteiger partial charge on any atom is 0.191 e. The number of nitrogens with one attached hydrogen (secondary N) is 2. The Balaban J connectivity index is 0.00000261. The molecule has 3 rings (SSSR count). The first-order valence-electron chi connectivity index (χ1n) is 9.18. The molecular weight excluding hydrogens is 449 g/mol. The second kappa shape index (κ2) is 10.9. The molecule has 0 amide bonds. The predicted octanol–water partition coefficient (Wildman–Crippen LogP) is 3.68. The quantitative estimate of drug-likeness (QED) is 0.310. The van der Waals surface area contributed by atoms with Gasteiger partial charge in [0, 0.05) is 38.4 Å². The van der Waals surface area contributed by atoms with Crippen LogP contribution in [0.15, 0.2) is 65.9 Å². The van der Waals surface area contributed by atoms with Gasteiger partial charge in [-0.3, -0.25) is 4.99 Å². The van der Waals surface area contributed by atoms with Crippen molar-refractivity contribution in [2.75, 3.05) is 13.6 Å². The van der Waals surface area contributed by atoms with Crippen LogP contribution in [0.3, 0.4) is 0 Å². The summed E-state index contributed by atoms with van der Waals surface area (Å²) in [5.74, 6) is 0.842. The number of imidazole rings is 1. The van der Waals surface area contributed by atoms with Gasteiger partial charge in [-0.2, -0.15) is 0 Å². The molecular formula is C21H28IN5. The SMILES string of the molecule is CN=C(NCCc1cn2ccccc2n1)NC(C)CCc1ccccc1.I. The minimum atomic E-state index is 0. The lowest BCUT2D eigenvalue weighted by Crippen LogP contribution is -2.43. The second-order valence-electron chi connectivity index (χ2n) is 6.52. The van der Waals surface area contributed by atoms with Crippen LogP contribution in [0.5, 0.6) is 0 Å². The number of aromatic nitrogens is 2. The largest absolute Gasteiger partial charge is 0.356 e. The lowest BCUT2D eigenvalue weighted by Gasteiger charge is -2.17. The van der Waals surface area contributed by atoms with Gasteiger partial charge in [-0.15, -0.1) is 24.0 Å². The molecule has 6 heteroatoms. The Bertz CT molecular complexity index is 811. The molecule has 0 fully saturated rings. The van der Waals surface area contributed by atoms with E-state index in [1.807, 2.05) is 35.8 Å². The van der Waals surface area contributed by atoms with Crippen molar-refractivity contribution in [1.82, 2.24) is 20.0 Å². The smallest absolute Gasteiger partial charge is 0.191 e. The molecule has 0 aliphatic heterocycles. The van der Waals surface area contributed by atoms with Crippen LogP contribution in [0.4, 0.5) is 0 Å². The van der Waals surface area contributed by atoms with E-state index < -0.39 is 0 Å². The average Bonchev–Trinajstić information content (AvgIpc) is 3.09. The van der Waals surface area contributed by atoms with Gasteiger partial charge in [0.05, 0.1) is 5.69 Å². The van der Waals surface area contributed by atoms with E-state index in [2.05, 4.69) is 64.1 Å². The Morgan fingerprint density at radius 2 is 1.89 bits per heavy atom. The zero-order valence-corrected chi connectivity index (χ0v) is 18.3. The van der Waals surface area contributed by atoms with Crippen molar-refractivity contribution in [3.8, 4) is 0 Å². The molecule has 1 aromatic carbocycles. The Labute approximate surface area is 178 Å². The van der Waals surface area contributed by atoms with E-state index in [4.69, 9.17) is 0 Å². The van der Waals surface area contributed by atoms with Crippen LogP contribution in [0, 0.1) is 0 Å². The summed E-state index contributed by atoms with van der Waals surface area (Å²) in [6, 6.07) is 17.0. The van der Waals surface area contributed by atoms with Crippen LogP contribution in [0.2, 0.25) is 0 Å². The van der Waals surface area contributed by atoms with Gasteiger partial charge in [0.15, 0.2) is 5.96 Å². The zero-order valence-electron chi connectivity index (χ0n) is 15.9. The van der Waals surface area contributed by atoms with E-state index in [9.17, 15) is 0 Å². The van der Waals surface area contributed by atoms with Crippen molar-refractivity contribution >= 4 is 35.6 Å². The number of hydrogen-bond acceptors (Lipinski definition) is 2. The van der Waals surface area contributed by atoms with Gasteiger partial charge in [0.1, 0.15) is 5.65 Å². The summed E-state index contributed by atoms with van der Waals surface area (Å²) in [5.41, 5.74) is 3.44. The van der Waals surface area contributed by atoms with Crippen LogP contribution in [-0.4, -0.2) is 35.0 Å². The Morgan fingerprint density at radius 3 is 2.63 bits per heavy atom. The van der Waals surface area contributed by atoms with Gasteiger partial charge in [-0.1, -0.05) is 36.4 Å². The molecule has 27 heavy (non-hydrogen) atoms. The molecule has 2 heterocycles. The van der Waals surface area contributed by atoms with Gasteiger partial charge < -0.3 is 15.0 Å². The highest BCUT2D eigenvalue weighted by Crippen LogP contribution is 2.06. The first kappa shape index (κ1) is 21.2. The van der Waals surface area contributed by atoms with E-state index in [1.165, 1.54) is 5.56 Å². The first-order chi connectivity index (χ1) is 12.7. The van der Waals surface area contributed by atoms with Crippen molar-refractivity contribution in [3.05, 3.63) is 72.2 Å². The summed E-state index contributed by atoms with van der Waals surface area (Å²) in [6.45, 7) is 2.99. The summed E-state index contributed by atoms with van der Waals surface area (Å²) in [4.78, 5) is 8.95. The Morgan fingerprint density at radius 1 is 1.11 bits per heavy atom. The molecule has 3 aromatic rings. The molecule has 0 aliphatic rings. The number of benzene rings is 1. The molecule has 1 atom stereocenters. The van der Waals surface area contributed by atoms with Gasteiger partial charge in [-0.25, -0.2) is 4.98 Å². The summed E-state index contributed by atoms with van der Waals surface area (Å²) < 4.78 is 2.05. The zero-order chi connectivity index (χ0) is 18.2. The topological polar surface area (TPSA) is 53.7 Å². The Kier molecular flexibility index (Phi) is 8.57. The number of aliphatic imine (C=N–C) groups is 1. The lowest BCUT2D eigenvalue weighted by molar-refractivity contribution is 0.593. The molecule has 0 radical (unpaired) electrons. The molecule has 5 nitrogen and oxygen atoms in total. The van der Waals surface area contributed by atoms with Gasteiger partial charge in [0.25, 0.3) is 0 Å². The number of pyridine rings is 1. The third-order valence-corrected chi connectivity index (χ3v) is 4.40. The van der Waals surface area contributed by atoms with Crippen molar-refractivity contribution < 1.29 is 0 Å². The summed E-state index contributed by atoms with van der Waals surface area (Å²) in [7, 11) is 1.81. The van der Waals surface area contributed by atoms with Gasteiger partial charge >= 0.3 is 0 Å². The standard InChI is InChI=1S/C21H27N5.HI/c1-17(11-12-18-8-4-3-5-9-18)24-21(22-2)23-14-13-19-16-26-15-7-6-10-20(26)25-19;/h3-10,15-17H,11-14H2,1-2H3,(H2,22,23,24);1H. The third kappa shape index (κ3) is 6.53. The van der Waals surface area contributed by atoms with Gasteiger partial charge in [0.2, 0.25) is 0 Å². The first-order valence-corrected chi connectivity index (χ1v) is 9.18. The fourth-order valence-electron chi connectivity index (χ4n) is 2.94. The highest BCUT2D eigenvalue weighted by molar-refractivity contribution is 14.0. The lowest BCUT2D eigenvalue weighted by atomic mass is 10.1. The number of nitrogens with zero attached hydrogens (tertiary/aromatic N) is 3. The minimum absolute atomic E-state index is 0. The van der Waals surface area contributed by atoms with Crippen LogP contribution >= 0.6 is 24.0 Å². The normalized spacial score (nSPS) is 12.4. The molecule has 1 unspecified atom stereocenters. The van der Waals surface area contributed by atoms with Crippen molar-refractivity contribution in [2.24, 2.45) is 4.99 Å². The van der Waals surface area contributed by atoms with Gasteiger partial charge in [-0.05, 0) is 37.5 Å². The maximum atomic E-state index is 4.62. The van der Waals surface area contributed by atoms with Crippen LogP contribution in [-0.2, 0) is 12.8 Å². The van der Waals surface area contributed by atoms with E-state index in [-0.39, 0.29) is 24.0 Å². The highest BCUT2D eigenvalue weighted by Gasteiger charge is 2.06. The highest BCUT2D eigenvalue weighted by atomic mass is 127. The molecule has 0 saturated carbocycles. The van der Waals surface area contributed by atoms with Crippen molar-refractivity contribution in [2.45, 2.75) is 32.2 Å². The van der Waals surface area contributed by atoms with E-state index in [0.29, 0.717) is 6.04 Å². The fraction of sp³-hybridized carbons (Fsp3) is 0.333. The third-order valence-electron chi connectivity index (χ3n) is 4.40. The van der Waals surface area contributed by atoms with Crippen molar-refractivity contribution in [1.29, 1.82) is 0 Å². The number of guanidine groups is 1. The molecule has 2 aromatic heterocycles. The number of fused-ring (bicyclic) bond motifs is 1. The summed E-state index contributed by atoms with van der Waals surface area (Å²) in [5, 5.41) is 6.84. The number of rotatable bonds is 7. The molecule has 144 valence electrons. The monoisotopic (exact) mass is 477 g/mol. The molecule has 0 bridgehead atoms. The average molecular weight is 477 g/mol. The molecule has 0 aliphatic carbocycles. The second-order valence-corrected chi connectivity index (χ2v) is 6.52. The summed E-state index contributed by atoms with van der Waals surface area (Å²) >= 11 is 0. The van der Waals surface area contributed by atoms with E-state index >= 15 is 0 Å². The number of hydrogen-bond donors (Lipinski definition) is 2. The Hall–Kier alpha value is -2.09. The van der Waals surface area contributed by atoms with Crippen LogP contribution in [0.25, 0.3) is 5.65 Å². The minimum Gasteiger partial charge on any atom is -0.356 e. The van der Waals surface area contributed by atoms with Crippen LogP contribution < -0.4 is 10.6 Å². The molecule has 2 N–H and O–H groups in total. The number of aryl methyl sites for hydroxylation is 1. The van der Waals surface area contributed by atoms with E-state index in [1.54, 1.807) is 0 Å². The molecule has 0 saturated heterocycles. The maximum absolute atomic E-state index is 4.62. The van der Waals surface area contributed by atoms with Crippen LogP contribution in [0.1, 0.15) is 24.6 Å². The summed E-state index contributed by atoms with van der Waals surface area (Å²) in [6.07, 6.45) is 7.09.